The Morgan fingerprint density at radius 1 is 1.61 bits per heavy atom. The molecule has 1 N–H and O–H groups in total. The molecule has 0 spiro atoms. The molecule has 4 nitrogen and oxygen atoms in total. The molecule has 0 aliphatic rings. The van der Waals surface area contributed by atoms with Gasteiger partial charge in [-0.05, 0) is 12.5 Å². The van der Waals surface area contributed by atoms with Crippen molar-refractivity contribution >= 4 is 21.9 Å². The molecule has 100 valence electrons. The van der Waals surface area contributed by atoms with Crippen LogP contribution in [-0.2, 0) is 21.3 Å². The molecule has 18 heavy (non-hydrogen) atoms. The van der Waals surface area contributed by atoms with Gasteiger partial charge < -0.3 is 9.84 Å². The third-order valence-corrected chi connectivity index (χ3v) is 2.86. The van der Waals surface area contributed by atoms with Gasteiger partial charge in [0.2, 0.25) is 0 Å². The molecule has 0 saturated heterocycles. The quantitative estimate of drug-likeness (QED) is 0.668. The highest BCUT2D eigenvalue weighted by molar-refractivity contribution is 9.08. The van der Waals surface area contributed by atoms with E-state index < -0.39 is 23.8 Å². The van der Waals surface area contributed by atoms with Crippen molar-refractivity contribution in [2.24, 2.45) is 0 Å². The van der Waals surface area contributed by atoms with E-state index in [0.717, 1.165) is 0 Å². The Labute approximate surface area is 111 Å². The lowest BCUT2D eigenvalue weighted by Gasteiger charge is -2.12. The summed E-state index contributed by atoms with van der Waals surface area (Å²) in [5.41, 5.74) is -0.125. The first-order valence-corrected chi connectivity index (χ1v) is 6.32. The fraction of sp³-hybridized carbons (Fsp3) is 0.455. The van der Waals surface area contributed by atoms with Crippen LogP contribution in [0, 0.1) is 0 Å². The molecule has 1 heterocycles. The zero-order valence-electron chi connectivity index (χ0n) is 9.62. The number of aromatic hydroxyl groups is 1. The summed E-state index contributed by atoms with van der Waals surface area (Å²) < 4.78 is 29.9. The summed E-state index contributed by atoms with van der Waals surface area (Å²) in [5.74, 6) is -1.23. The highest BCUT2D eigenvalue weighted by atomic mass is 79.9. The van der Waals surface area contributed by atoms with Crippen LogP contribution in [0.15, 0.2) is 6.20 Å². The molecule has 7 heteroatoms. The maximum Gasteiger partial charge on any atom is 0.310 e. The number of rotatable bonds is 5. The van der Waals surface area contributed by atoms with Crippen LogP contribution in [-0.4, -0.2) is 22.7 Å². The van der Waals surface area contributed by atoms with E-state index >= 15 is 0 Å². The normalized spacial score (nSPS) is 10.7. The van der Waals surface area contributed by atoms with Crippen LogP contribution in [0.2, 0.25) is 0 Å². The van der Waals surface area contributed by atoms with Gasteiger partial charge >= 0.3 is 5.97 Å². The van der Waals surface area contributed by atoms with E-state index in [1.165, 1.54) is 6.20 Å². The summed E-state index contributed by atoms with van der Waals surface area (Å²) in [6, 6.07) is 0. The average Bonchev–Trinajstić information content (AvgIpc) is 2.31. The van der Waals surface area contributed by atoms with E-state index in [2.05, 4.69) is 20.9 Å². The van der Waals surface area contributed by atoms with E-state index in [4.69, 9.17) is 4.74 Å². The van der Waals surface area contributed by atoms with Crippen LogP contribution in [0.1, 0.15) is 30.2 Å². The summed E-state index contributed by atoms with van der Waals surface area (Å²) in [5, 5.41) is 10.0. The highest BCUT2D eigenvalue weighted by Gasteiger charge is 2.22. The van der Waals surface area contributed by atoms with Crippen molar-refractivity contribution in [3.8, 4) is 5.75 Å². The number of carbonyl (C=O) groups is 1. The van der Waals surface area contributed by atoms with Crippen LogP contribution in [0.5, 0.6) is 5.75 Å². The van der Waals surface area contributed by atoms with Gasteiger partial charge in [-0.25, -0.2) is 8.78 Å². The van der Waals surface area contributed by atoms with Crippen molar-refractivity contribution in [3.05, 3.63) is 23.0 Å². The van der Waals surface area contributed by atoms with Gasteiger partial charge in [-0.1, -0.05) is 15.9 Å². The van der Waals surface area contributed by atoms with Gasteiger partial charge in [0.25, 0.3) is 6.43 Å². The predicted octanol–water partition coefficient (Wildman–Crippen LogP) is 2.73. The van der Waals surface area contributed by atoms with Crippen molar-refractivity contribution in [2.45, 2.75) is 25.1 Å². The summed E-state index contributed by atoms with van der Waals surface area (Å²) in [6.07, 6.45) is -1.94. The second-order valence-corrected chi connectivity index (χ2v) is 3.97. The van der Waals surface area contributed by atoms with Crippen molar-refractivity contribution in [3.63, 3.8) is 0 Å². The van der Waals surface area contributed by atoms with E-state index in [1.807, 2.05) is 0 Å². The predicted molar refractivity (Wildman–Crippen MR) is 63.8 cm³/mol. The van der Waals surface area contributed by atoms with Gasteiger partial charge in [0.05, 0.1) is 13.0 Å². The van der Waals surface area contributed by atoms with Crippen LogP contribution < -0.4 is 0 Å². The first-order valence-electron chi connectivity index (χ1n) is 5.20. The van der Waals surface area contributed by atoms with Gasteiger partial charge in [0.15, 0.2) is 0 Å². The Bertz CT molecular complexity index is 441. The lowest BCUT2D eigenvalue weighted by atomic mass is 10.1. The minimum atomic E-state index is -2.89. The number of aromatic nitrogens is 1. The second-order valence-electron chi connectivity index (χ2n) is 3.41. The van der Waals surface area contributed by atoms with Gasteiger partial charge in [-0.2, -0.15) is 0 Å². The van der Waals surface area contributed by atoms with Crippen LogP contribution in [0.25, 0.3) is 0 Å². The molecule has 0 unspecified atom stereocenters. The highest BCUT2D eigenvalue weighted by Crippen LogP contribution is 2.32. The molecule has 0 aliphatic heterocycles. The monoisotopic (exact) mass is 323 g/mol. The molecule has 0 saturated carbocycles. The average molecular weight is 324 g/mol. The lowest BCUT2D eigenvalue weighted by Crippen LogP contribution is -2.10. The molecule has 1 aromatic rings. The summed E-state index contributed by atoms with van der Waals surface area (Å²) >= 11 is 3.14. The second kappa shape index (κ2) is 6.63. The third kappa shape index (κ3) is 3.38. The number of halogens is 3. The Hall–Kier alpha value is -1.24. The van der Waals surface area contributed by atoms with Crippen LogP contribution in [0.4, 0.5) is 8.78 Å². The zero-order valence-corrected chi connectivity index (χ0v) is 11.2. The minimum absolute atomic E-state index is 0.121. The molecule has 0 aromatic carbocycles. The Morgan fingerprint density at radius 3 is 2.78 bits per heavy atom. The molecule has 0 amide bonds. The van der Waals surface area contributed by atoms with Crippen molar-refractivity contribution in [1.82, 2.24) is 4.98 Å². The molecule has 0 bridgehead atoms. The van der Waals surface area contributed by atoms with Gasteiger partial charge in [-0.3, -0.25) is 9.78 Å². The Balaban J connectivity index is 3.13. The molecule has 1 aromatic heterocycles. The minimum Gasteiger partial charge on any atom is -0.505 e. The fourth-order valence-corrected chi connectivity index (χ4v) is 1.90. The topological polar surface area (TPSA) is 59.4 Å². The van der Waals surface area contributed by atoms with Crippen molar-refractivity contribution in [1.29, 1.82) is 0 Å². The molecular formula is C11H12BrF2NO3. The third-order valence-electron chi connectivity index (χ3n) is 2.25. The van der Waals surface area contributed by atoms with Crippen molar-refractivity contribution in [2.75, 3.05) is 6.61 Å². The van der Waals surface area contributed by atoms with Crippen LogP contribution >= 0.6 is 15.9 Å². The number of esters is 1. The molecule has 1 rings (SSSR count). The van der Waals surface area contributed by atoms with Gasteiger partial charge in [-0.15, -0.1) is 0 Å². The number of hydrogen-bond acceptors (Lipinski definition) is 4. The number of pyridine rings is 1. The van der Waals surface area contributed by atoms with E-state index in [1.54, 1.807) is 6.92 Å². The summed E-state index contributed by atoms with van der Waals surface area (Å²) in [7, 11) is 0. The van der Waals surface area contributed by atoms with E-state index in [9.17, 15) is 18.7 Å². The molecule has 0 atom stereocenters. The SMILES string of the molecule is CCOC(=O)Cc1c(CBr)cnc(C(F)F)c1O. The standard InChI is InChI=1S/C11H12BrF2NO3/c1-2-18-8(16)3-7-6(4-12)5-15-9(10(7)17)11(13)14/h5,11,17H,2-4H2,1H3. The molecule has 0 radical (unpaired) electrons. The van der Waals surface area contributed by atoms with Crippen molar-refractivity contribution < 1.29 is 23.4 Å². The first kappa shape index (κ1) is 14.8. The Morgan fingerprint density at radius 2 is 2.28 bits per heavy atom. The van der Waals surface area contributed by atoms with Crippen LogP contribution in [0.3, 0.4) is 0 Å². The number of carbonyl (C=O) groups excluding carboxylic acids is 1. The largest absolute Gasteiger partial charge is 0.505 e. The van der Waals surface area contributed by atoms with Gasteiger partial charge in [0.1, 0.15) is 11.4 Å². The zero-order chi connectivity index (χ0) is 13.7. The lowest BCUT2D eigenvalue weighted by molar-refractivity contribution is -0.142. The molecular weight excluding hydrogens is 312 g/mol. The van der Waals surface area contributed by atoms with E-state index in [-0.39, 0.29) is 18.6 Å². The summed E-state index contributed by atoms with van der Waals surface area (Å²) in [6.45, 7) is 1.83. The maximum absolute atomic E-state index is 12.6. The number of ether oxygens (including phenoxy) is 1. The smallest absolute Gasteiger partial charge is 0.310 e. The fourth-order valence-electron chi connectivity index (χ4n) is 1.42. The first-order chi connectivity index (χ1) is 8.51. The molecule has 0 fully saturated rings. The van der Waals surface area contributed by atoms with Gasteiger partial charge in [0, 0.05) is 17.1 Å². The number of alkyl halides is 3. The molecule has 0 aliphatic carbocycles. The number of nitrogens with zero attached hydrogens (tertiary/aromatic N) is 1. The Kier molecular flexibility index (Phi) is 5.46. The maximum atomic E-state index is 12.6. The summed E-state index contributed by atoms with van der Waals surface area (Å²) in [4.78, 5) is 14.8. The number of hydrogen-bond donors (Lipinski definition) is 1. The van der Waals surface area contributed by atoms with E-state index in [0.29, 0.717) is 10.9 Å².